The predicted octanol–water partition coefficient (Wildman–Crippen LogP) is 3.78. The number of anilines is 1. The minimum atomic E-state index is -0.284. The minimum Gasteiger partial charge on any atom is -0.399 e. The number of carbonyl (C=O) groups is 1. The van der Waals surface area contributed by atoms with E-state index in [2.05, 4.69) is 15.5 Å². The summed E-state index contributed by atoms with van der Waals surface area (Å²) >= 11 is 0. The molecular formula is C21H18N4O. The van der Waals surface area contributed by atoms with Gasteiger partial charge in [0, 0.05) is 17.5 Å². The Morgan fingerprint density at radius 2 is 1.42 bits per heavy atom. The summed E-state index contributed by atoms with van der Waals surface area (Å²) in [5, 5.41) is 3.97. The van der Waals surface area contributed by atoms with E-state index in [1.807, 2.05) is 54.6 Å². The first-order valence-corrected chi connectivity index (χ1v) is 8.09. The highest BCUT2D eigenvalue weighted by Gasteiger charge is 2.02. The van der Waals surface area contributed by atoms with Crippen LogP contribution in [0, 0.1) is 0 Å². The van der Waals surface area contributed by atoms with E-state index in [0.717, 1.165) is 16.8 Å². The summed E-state index contributed by atoms with van der Waals surface area (Å²) in [5.74, 6) is -0.284. The van der Waals surface area contributed by atoms with E-state index in [1.54, 1.807) is 36.7 Å². The topological polar surface area (TPSA) is 79.8 Å². The van der Waals surface area contributed by atoms with Gasteiger partial charge in [-0.15, -0.1) is 0 Å². The smallest absolute Gasteiger partial charge is 0.271 e. The molecule has 3 rings (SSSR count). The van der Waals surface area contributed by atoms with Gasteiger partial charge in [-0.1, -0.05) is 42.5 Å². The van der Waals surface area contributed by atoms with E-state index in [-0.39, 0.29) is 5.91 Å². The zero-order chi connectivity index (χ0) is 18.2. The molecule has 26 heavy (non-hydrogen) atoms. The summed E-state index contributed by atoms with van der Waals surface area (Å²) in [6.07, 6.45) is 3.40. The lowest BCUT2D eigenvalue weighted by Crippen LogP contribution is -2.17. The van der Waals surface area contributed by atoms with Gasteiger partial charge in [0.25, 0.3) is 5.91 Å². The van der Waals surface area contributed by atoms with E-state index in [1.165, 1.54) is 0 Å². The third kappa shape index (κ3) is 4.88. The molecule has 5 heteroatoms. The molecule has 128 valence electrons. The highest BCUT2D eigenvalue weighted by atomic mass is 16.2. The highest BCUT2D eigenvalue weighted by molar-refractivity contribution is 5.95. The van der Waals surface area contributed by atoms with Crippen molar-refractivity contribution >= 4 is 29.7 Å². The Balaban J connectivity index is 1.57. The van der Waals surface area contributed by atoms with Crippen LogP contribution < -0.4 is 11.2 Å². The molecule has 0 saturated carbocycles. The van der Waals surface area contributed by atoms with Crippen LogP contribution in [0.4, 0.5) is 11.4 Å². The zero-order valence-corrected chi connectivity index (χ0v) is 14.0. The summed E-state index contributed by atoms with van der Waals surface area (Å²) < 4.78 is 0. The van der Waals surface area contributed by atoms with Crippen LogP contribution in [0.5, 0.6) is 0 Å². The Hall–Kier alpha value is -3.73. The van der Waals surface area contributed by atoms with Gasteiger partial charge < -0.3 is 5.73 Å². The number of rotatable bonds is 5. The van der Waals surface area contributed by atoms with E-state index >= 15 is 0 Å². The highest BCUT2D eigenvalue weighted by Crippen LogP contribution is 2.10. The summed E-state index contributed by atoms with van der Waals surface area (Å²) in [4.78, 5) is 16.3. The first kappa shape index (κ1) is 17.1. The number of aliphatic imine (C=N–C) groups is 1. The molecule has 0 aliphatic rings. The monoisotopic (exact) mass is 342 g/mol. The summed E-state index contributed by atoms with van der Waals surface area (Å²) in [5.41, 5.74) is 12.0. The van der Waals surface area contributed by atoms with Gasteiger partial charge in [-0.2, -0.15) is 5.10 Å². The van der Waals surface area contributed by atoms with Gasteiger partial charge in [-0.05, 0) is 47.5 Å². The van der Waals surface area contributed by atoms with E-state index in [4.69, 9.17) is 5.73 Å². The lowest BCUT2D eigenvalue weighted by molar-refractivity contribution is 0.0955. The molecule has 1 amide bonds. The number of hydrogen-bond donors (Lipinski definition) is 2. The molecule has 0 saturated heterocycles. The minimum absolute atomic E-state index is 0.284. The van der Waals surface area contributed by atoms with Crippen molar-refractivity contribution < 1.29 is 4.79 Å². The molecule has 0 fully saturated rings. The molecule has 0 bridgehead atoms. The molecule has 0 unspecified atom stereocenters. The van der Waals surface area contributed by atoms with Crippen LogP contribution in [0.1, 0.15) is 21.5 Å². The quantitative estimate of drug-likeness (QED) is 0.420. The van der Waals surface area contributed by atoms with Gasteiger partial charge in [0.2, 0.25) is 0 Å². The number of hydrazone groups is 1. The molecule has 0 radical (unpaired) electrons. The average Bonchev–Trinajstić information content (AvgIpc) is 2.68. The normalized spacial score (nSPS) is 11.1. The van der Waals surface area contributed by atoms with Gasteiger partial charge in [0.15, 0.2) is 0 Å². The van der Waals surface area contributed by atoms with E-state index in [9.17, 15) is 4.79 Å². The lowest BCUT2D eigenvalue weighted by Gasteiger charge is -2.00. The molecule has 0 aromatic heterocycles. The molecular weight excluding hydrogens is 324 g/mol. The van der Waals surface area contributed by atoms with Crippen molar-refractivity contribution in [2.45, 2.75) is 0 Å². The Labute approximate surface area is 151 Å². The molecule has 3 aromatic rings. The van der Waals surface area contributed by atoms with Crippen LogP contribution in [-0.2, 0) is 0 Å². The SMILES string of the molecule is Nc1ccc(C(=O)NN=Cc2ccc(C=Nc3ccccc3)cc2)cc1. The average molecular weight is 342 g/mol. The van der Waals surface area contributed by atoms with Gasteiger partial charge in [-0.3, -0.25) is 9.79 Å². The largest absolute Gasteiger partial charge is 0.399 e. The van der Waals surface area contributed by atoms with Gasteiger partial charge in [-0.25, -0.2) is 5.43 Å². The van der Waals surface area contributed by atoms with Crippen molar-refractivity contribution in [2.75, 3.05) is 5.73 Å². The van der Waals surface area contributed by atoms with Gasteiger partial charge in [0.05, 0.1) is 11.9 Å². The van der Waals surface area contributed by atoms with Crippen LogP contribution in [0.2, 0.25) is 0 Å². The number of nitrogens with two attached hydrogens (primary N) is 1. The standard InChI is InChI=1S/C21H18N4O/c22-19-12-10-18(11-13-19)21(26)25-24-15-17-8-6-16(7-9-17)14-23-20-4-2-1-3-5-20/h1-15H,22H2,(H,25,26). The molecule has 0 aliphatic carbocycles. The van der Waals surface area contributed by atoms with Crippen LogP contribution in [-0.4, -0.2) is 18.3 Å². The second kappa shape index (κ2) is 8.39. The summed E-state index contributed by atoms with van der Waals surface area (Å²) in [7, 11) is 0. The van der Waals surface area contributed by atoms with Crippen molar-refractivity contribution in [3.63, 3.8) is 0 Å². The molecule has 0 spiro atoms. The van der Waals surface area contributed by atoms with Crippen LogP contribution in [0.3, 0.4) is 0 Å². The van der Waals surface area contributed by atoms with Crippen LogP contribution in [0.25, 0.3) is 0 Å². The molecule has 0 heterocycles. The third-order valence-electron chi connectivity index (χ3n) is 3.61. The third-order valence-corrected chi connectivity index (χ3v) is 3.61. The van der Waals surface area contributed by atoms with Crippen molar-refractivity contribution in [1.29, 1.82) is 0 Å². The van der Waals surface area contributed by atoms with Gasteiger partial charge in [0.1, 0.15) is 0 Å². The molecule has 3 aromatic carbocycles. The first-order valence-electron chi connectivity index (χ1n) is 8.09. The Morgan fingerprint density at radius 1 is 0.808 bits per heavy atom. The maximum Gasteiger partial charge on any atom is 0.271 e. The molecule has 0 aliphatic heterocycles. The van der Waals surface area contributed by atoms with Crippen LogP contribution >= 0.6 is 0 Å². The summed E-state index contributed by atoms with van der Waals surface area (Å²) in [6.45, 7) is 0. The number of amides is 1. The number of carbonyl (C=O) groups excluding carboxylic acids is 1. The number of para-hydroxylation sites is 1. The van der Waals surface area contributed by atoms with E-state index < -0.39 is 0 Å². The maximum atomic E-state index is 11.9. The fraction of sp³-hybridized carbons (Fsp3) is 0. The van der Waals surface area contributed by atoms with Crippen LogP contribution in [0.15, 0.2) is 89.0 Å². The number of nitrogens with zero attached hydrogens (tertiary/aromatic N) is 2. The van der Waals surface area contributed by atoms with E-state index in [0.29, 0.717) is 11.3 Å². The van der Waals surface area contributed by atoms with Crippen molar-refractivity contribution in [3.8, 4) is 0 Å². The molecule has 0 atom stereocenters. The Morgan fingerprint density at radius 3 is 2.08 bits per heavy atom. The van der Waals surface area contributed by atoms with Gasteiger partial charge >= 0.3 is 0 Å². The zero-order valence-electron chi connectivity index (χ0n) is 14.0. The molecule has 3 N–H and O–H groups in total. The van der Waals surface area contributed by atoms with Crippen molar-refractivity contribution in [1.82, 2.24) is 5.43 Å². The molecule has 5 nitrogen and oxygen atoms in total. The number of hydrogen-bond acceptors (Lipinski definition) is 4. The van der Waals surface area contributed by atoms with Crippen molar-refractivity contribution in [2.24, 2.45) is 10.1 Å². The Kier molecular flexibility index (Phi) is 5.52. The second-order valence-corrected chi connectivity index (χ2v) is 5.58. The lowest BCUT2D eigenvalue weighted by atomic mass is 10.1. The van der Waals surface area contributed by atoms with Crippen molar-refractivity contribution in [3.05, 3.63) is 95.6 Å². The maximum absolute atomic E-state index is 11.9. The number of nitrogens with one attached hydrogen (secondary N) is 1. The first-order chi connectivity index (χ1) is 12.7. The predicted molar refractivity (Wildman–Crippen MR) is 106 cm³/mol. The fourth-order valence-corrected chi connectivity index (χ4v) is 2.20. The summed E-state index contributed by atoms with van der Waals surface area (Å²) in [6, 6.07) is 24.1. The number of benzene rings is 3. The number of nitrogen functional groups attached to an aromatic ring is 1. The fourth-order valence-electron chi connectivity index (χ4n) is 2.20. The Bertz CT molecular complexity index is 914. The second-order valence-electron chi connectivity index (χ2n) is 5.58.